The Morgan fingerprint density at radius 3 is 2.54 bits per heavy atom. The molecule has 2 aliphatic heterocycles. The van der Waals surface area contributed by atoms with Crippen LogP contribution in [0.5, 0.6) is 0 Å². The van der Waals surface area contributed by atoms with Gasteiger partial charge in [-0.2, -0.15) is 0 Å². The lowest BCUT2D eigenvalue weighted by molar-refractivity contribution is -0.257. The number of aliphatic hydroxyl groups excluding tert-OH is 2. The summed E-state index contributed by atoms with van der Waals surface area (Å²) in [5.41, 5.74) is -2.87. The minimum absolute atomic E-state index is 0.0240. The number of hydrogen-bond acceptors (Lipinski definition) is 9. The number of carboxylic acid groups (broad SMARTS) is 1. The summed E-state index contributed by atoms with van der Waals surface area (Å²) < 4.78 is 19.4. The van der Waals surface area contributed by atoms with Gasteiger partial charge in [-0.1, -0.05) is 62.8 Å². The lowest BCUT2D eigenvalue weighted by Crippen LogP contribution is -2.58. The number of Topliss-reactive ketones (excluding diaryl/α,β-unsaturated/α-hetero) is 1. The smallest absolute Gasteiger partial charge is 0.346 e. The molecule has 12 heteroatoms. The minimum Gasteiger partial charge on any atom is -0.507 e. The summed E-state index contributed by atoms with van der Waals surface area (Å²) in [5, 5.41) is 36.8. The number of fused-ring (bicyclic) bond motifs is 3. The van der Waals surface area contributed by atoms with E-state index in [0.717, 1.165) is 12.0 Å². The van der Waals surface area contributed by atoms with Crippen LogP contribution in [0.1, 0.15) is 103 Å². The molecule has 2 bridgehead atoms. The number of aromatic amines is 1. The molecule has 1 aromatic rings. The topological polar surface area (TPSA) is 184 Å². The number of carboxylic acids is 1. The number of carbonyl (C=O) groups excluding carboxylic acids is 3. The van der Waals surface area contributed by atoms with Crippen molar-refractivity contribution in [2.75, 3.05) is 0 Å². The summed E-state index contributed by atoms with van der Waals surface area (Å²) >= 11 is 0. The fourth-order valence-electron chi connectivity index (χ4n) is 11.3. The Hall–Kier alpha value is -4.26. The van der Waals surface area contributed by atoms with Gasteiger partial charge in [-0.05, 0) is 95.1 Å². The van der Waals surface area contributed by atoms with Crippen LogP contribution in [-0.2, 0) is 28.6 Å². The van der Waals surface area contributed by atoms with Gasteiger partial charge in [0.05, 0.1) is 29.8 Å². The van der Waals surface area contributed by atoms with E-state index in [-0.39, 0.29) is 53.6 Å². The maximum Gasteiger partial charge on any atom is 0.346 e. The summed E-state index contributed by atoms with van der Waals surface area (Å²) in [7, 11) is 0. The van der Waals surface area contributed by atoms with E-state index >= 15 is 4.79 Å². The number of rotatable bonds is 7. The van der Waals surface area contributed by atoms with E-state index in [2.05, 4.69) is 41.5 Å². The summed E-state index contributed by atoms with van der Waals surface area (Å²) in [5.74, 6) is -4.42. The lowest BCUT2D eigenvalue weighted by Gasteiger charge is -2.54. The van der Waals surface area contributed by atoms with Crippen molar-refractivity contribution in [1.29, 1.82) is 0 Å². The summed E-state index contributed by atoms with van der Waals surface area (Å²) in [6.07, 6.45) is 14.4. The van der Waals surface area contributed by atoms with Crippen LogP contribution in [0.4, 0.5) is 0 Å². The second kappa shape index (κ2) is 15.5. The van der Waals surface area contributed by atoms with Crippen LogP contribution in [0.3, 0.4) is 0 Å². The first-order valence-corrected chi connectivity index (χ1v) is 20.7. The number of nitrogens with one attached hydrogen (secondary N) is 2. The highest BCUT2D eigenvalue weighted by Crippen LogP contribution is 2.60. The number of allylic oxidation sites excluding steroid dienone is 4. The molecule has 308 valence electrons. The van der Waals surface area contributed by atoms with E-state index in [1.54, 1.807) is 38.3 Å². The lowest BCUT2D eigenvalue weighted by atomic mass is 9.50. The van der Waals surface area contributed by atoms with Crippen LogP contribution >= 0.6 is 0 Å². The number of aliphatic carboxylic acids is 1. The van der Waals surface area contributed by atoms with Gasteiger partial charge in [0.15, 0.2) is 23.4 Å². The van der Waals surface area contributed by atoms with E-state index in [9.17, 15) is 29.7 Å². The fraction of sp³-hybridized carbons (Fsp3) is 0.600. The van der Waals surface area contributed by atoms with Gasteiger partial charge in [0.25, 0.3) is 5.91 Å². The molecule has 12 nitrogen and oxygen atoms in total. The van der Waals surface area contributed by atoms with E-state index in [1.807, 2.05) is 26.8 Å². The van der Waals surface area contributed by atoms with Gasteiger partial charge in [0.2, 0.25) is 0 Å². The first-order chi connectivity index (χ1) is 27.1. The molecule has 0 aromatic carbocycles. The van der Waals surface area contributed by atoms with Gasteiger partial charge in [-0.25, -0.2) is 9.59 Å². The van der Waals surface area contributed by atoms with Crippen molar-refractivity contribution in [2.24, 2.45) is 40.4 Å². The van der Waals surface area contributed by atoms with Gasteiger partial charge in [0, 0.05) is 35.9 Å². The normalized spacial score (nSPS) is 42.1. The van der Waals surface area contributed by atoms with Crippen molar-refractivity contribution < 1.29 is 48.7 Å². The molecule has 1 spiro atoms. The van der Waals surface area contributed by atoms with E-state index in [0.29, 0.717) is 37.8 Å². The second-order valence-corrected chi connectivity index (χ2v) is 17.5. The molecule has 1 amide bonds. The predicted molar refractivity (Wildman–Crippen MR) is 210 cm³/mol. The largest absolute Gasteiger partial charge is 0.507 e. The molecular formula is C45H58N2O10. The molecule has 0 radical (unpaired) electrons. The third-order valence-electron chi connectivity index (χ3n) is 14.3. The number of amides is 1. The van der Waals surface area contributed by atoms with Gasteiger partial charge in [-0.15, -0.1) is 0 Å². The van der Waals surface area contributed by atoms with Gasteiger partial charge < -0.3 is 39.8 Å². The maximum absolute atomic E-state index is 15.6. The first-order valence-electron chi connectivity index (χ1n) is 20.7. The Kier molecular flexibility index (Phi) is 11.1. The number of hydrogen-bond donors (Lipinski definition) is 5. The Labute approximate surface area is 334 Å². The number of H-pyrrole nitrogens is 1. The molecule has 2 fully saturated rings. The summed E-state index contributed by atoms with van der Waals surface area (Å²) in [4.78, 5) is 58.1. The number of aliphatic hydroxyl groups is 2. The van der Waals surface area contributed by atoms with E-state index in [1.165, 1.54) is 0 Å². The van der Waals surface area contributed by atoms with Crippen molar-refractivity contribution in [3.8, 4) is 0 Å². The zero-order valence-electron chi connectivity index (χ0n) is 33.8. The zero-order chi connectivity index (χ0) is 41.0. The summed E-state index contributed by atoms with van der Waals surface area (Å²) in [6.45, 7) is 11.5. The van der Waals surface area contributed by atoms with Gasteiger partial charge in [0.1, 0.15) is 11.3 Å². The van der Waals surface area contributed by atoms with Crippen LogP contribution in [0.25, 0.3) is 0 Å². The standard InChI is InChI=1S/C45H58N2O10/c1-7-27-22-45-39(50)35(42(54)57-45)38(49)44(8-2)28(13-10-9-12-24(3)21-43(45,6)23-30(27)41(52)53)16-17-29-31(44)18-15-25(4)37(29)56-34-20-33(48)36(26(5)55-34)47-40(51)32-14-11-19-46-32/h9-11,14,16-17,19,21,23,25-29,31,33-34,36-37,46,48,50H,7-8,12-13,15,18,20,22H2,1-6H3,(H,47,51)(H,52,53)/b10-9+,24-21+. The number of aromatic nitrogens is 1. The third-order valence-corrected chi connectivity index (χ3v) is 14.3. The molecule has 3 heterocycles. The van der Waals surface area contributed by atoms with Crippen LogP contribution < -0.4 is 5.32 Å². The number of esters is 1. The van der Waals surface area contributed by atoms with Crippen molar-refractivity contribution in [1.82, 2.24) is 10.3 Å². The number of ether oxygens (including phenoxy) is 3. The first kappa shape index (κ1) is 40.9. The molecule has 13 unspecified atom stereocenters. The highest BCUT2D eigenvalue weighted by atomic mass is 16.7. The van der Waals surface area contributed by atoms with Crippen LogP contribution in [0.2, 0.25) is 0 Å². The number of ketones is 1. The molecule has 5 N–H and O–H groups in total. The molecule has 1 aromatic heterocycles. The molecule has 6 aliphatic rings. The minimum atomic E-state index is -1.66. The Balaban J connectivity index is 1.24. The highest BCUT2D eigenvalue weighted by molar-refractivity contribution is 6.21. The second-order valence-electron chi connectivity index (χ2n) is 17.5. The summed E-state index contributed by atoms with van der Waals surface area (Å²) in [6, 6.07) is 2.73. The van der Waals surface area contributed by atoms with Crippen LogP contribution in [0.15, 0.2) is 77.3 Å². The van der Waals surface area contributed by atoms with E-state index in [4.69, 9.17) is 14.2 Å². The zero-order valence-corrected chi connectivity index (χ0v) is 33.8. The van der Waals surface area contributed by atoms with Crippen LogP contribution in [0, 0.1) is 40.4 Å². The SMILES string of the molecule is CCC1CC23OC(=O)C(=C2O)C(=O)C2(CC)C(C=CC4C(OC5CC(O)C(NC(=O)c6ccc[nH]6)C(C)O5)C(C)CCC42)C/C=C/C/C(C)=C/C3(C)C=C1C(=O)O. The molecule has 7 rings (SSSR count). The van der Waals surface area contributed by atoms with E-state index < -0.39 is 76.5 Å². The highest BCUT2D eigenvalue weighted by Gasteiger charge is 2.66. The monoisotopic (exact) mass is 786 g/mol. The van der Waals surface area contributed by atoms with Gasteiger partial charge in [-0.3, -0.25) is 9.59 Å². The van der Waals surface area contributed by atoms with Crippen molar-refractivity contribution in [3.63, 3.8) is 0 Å². The fourth-order valence-corrected chi connectivity index (χ4v) is 11.3. The Morgan fingerprint density at radius 2 is 1.88 bits per heavy atom. The third kappa shape index (κ3) is 6.75. The molecule has 13 atom stereocenters. The molecule has 1 saturated heterocycles. The van der Waals surface area contributed by atoms with Gasteiger partial charge >= 0.3 is 11.9 Å². The van der Waals surface area contributed by atoms with Crippen molar-refractivity contribution in [2.45, 2.75) is 129 Å². The van der Waals surface area contributed by atoms with Crippen molar-refractivity contribution in [3.05, 3.63) is 83.0 Å². The predicted octanol–water partition coefficient (Wildman–Crippen LogP) is 6.66. The Bertz CT molecular complexity index is 1920. The molecule has 1 saturated carbocycles. The molecular weight excluding hydrogens is 728 g/mol. The molecule has 57 heavy (non-hydrogen) atoms. The molecule has 4 aliphatic carbocycles. The number of carbonyl (C=O) groups is 4. The Morgan fingerprint density at radius 1 is 1.11 bits per heavy atom. The average molecular weight is 787 g/mol. The quantitative estimate of drug-likeness (QED) is 0.114. The van der Waals surface area contributed by atoms with Crippen molar-refractivity contribution >= 4 is 23.6 Å². The maximum atomic E-state index is 15.6. The average Bonchev–Trinajstić information content (AvgIpc) is 3.79. The van der Waals surface area contributed by atoms with Crippen LogP contribution in [-0.4, -0.2) is 80.2 Å².